The van der Waals surface area contributed by atoms with Gasteiger partial charge in [0.05, 0.1) is 13.5 Å². The zero-order valence-corrected chi connectivity index (χ0v) is 15.2. The van der Waals surface area contributed by atoms with Gasteiger partial charge in [0.15, 0.2) is 0 Å². The number of halogens is 1. The number of methoxy groups -OCH3 is 1. The van der Waals surface area contributed by atoms with Gasteiger partial charge in [-0.25, -0.2) is 0 Å². The molecule has 0 saturated carbocycles. The first-order valence-corrected chi connectivity index (χ1v) is 8.89. The van der Waals surface area contributed by atoms with E-state index in [9.17, 15) is 4.79 Å². The van der Waals surface area contributed by atoms with Crippen molar-refractivity contribution in [1.82, 2.24) is 9.80 Å². The van der Waals surface area contributed by atoms with Crippen LogP contribution in [0.5, 0.6) is 5.75 Å². The van der Waals surface area contributed by atoms with Crippen LogP contribution in [0.2, 0.25) is 5.02 Å². The molecule has 1 saturated heterocycles. The summed E-state index contributed by atoms with van der Waals surface area (Å²) >= 11 is 5.93. The van der Waals surface area contributed by atoms with Crippen molar-refractivity contribution in [2.75, 3.05) is 33.3 Å². The molecule has 0 atom stereocenters. The minimum absolute atomic E-state index is 0.191. The number of hydrogen-bond donors (Lipinski definition) is 0. The SMILES string of the molecule is COc1ccc(CC(=O)N2CCN(Cc3ccc(Cl)cc3)CC2)cc1. The molecule has 2 aromatic carbocycles. The van der Waals surface area contributed by atoms with Gasteiger partial charge in [-0.15, -0.1) is 0 Å². The minimum Gasteiger partial charge on any atom is -0.497 e. The molecular weight excluding hydrogens is 336 g/mol. The highest BCUT2D eigenvalue weighted by Crippen LogP contribution is 2.15. The second-order valence-electron chi connectivity index (χ2n) is 6.31. The topological polar surface area (TPSA) is 32.8 Å². The molecule has 0 aliphatic carbocycles. The number of ether oxygens (including phenoxy) is 1. The quantitative estimate of drug-likeness (QED) is 0.822. The van der Waals surface area contributed by atoms with E-state index >= 15 is 0 Å². The first-order valence-electron chi connectivity index (χ1n) is 8.51. The van der Waals surface area contributed by atoms with Gasteiger partial charge in [-0.3, -0.25) is 9.69 Å². The predicted molar refractivity (Wildman–Crippen MR) is 100 cm³/mol. The number of benzene rings is 2. The van der Waals surface area contributed by atoms with Crippen LogP contribution in [-0.2, 0) is 17.8 Å². The van der Waals surface area contributed by atoms with E-state index < -0.39 is 0 Å². The fourth-order valence-electron chi connectivity index (χ4n) is 3.03. The molecule has 3 rings (SSSR count). The molecule has 1 heterocycles. The van der Waals surface area contributed by atoms with Gasteiger partial charge in [-0.05, 0) is 35.4 Å². The van der Waals surface area contributed by atoms with Crippen molar-refractivity contribution in [3.63, 3.8) is 0 Å². The van der Waals surface area contributed by atoms with Crippen LogP contribution in [0.15, 0.2) is 48.5 Å². The summed E-state index contributed by atoms with van der Waals surface area (Å²) in [6.07, 6.45) is 0.446. The highest BCUT2D eigenvalue weighted by atomic mass is 35.5. The Morgan fingerprint density at radius 2 is 1.56 bits per heavy atom. The number of rotatable bonds is 5. The van der Waals surface area contributed by atoms with E-state index in [1.165, 1.54) is 5.56 Å². The Labute approximate surface area is 154 Å². The van der Waals surface area contributed by atoms with E-state index in [0.29, 0.717) is 6.42 Å². The fourth-order valence-corrected chi connectivity index (χ4v) is 3.16. The minimum atomic E-state index is 0.191. The van der Waals surface area contributed by atoms with E-state index in [1.54, 1.807) is 7.11 Å². The maximum atomic E-state index is 12.5. The molecule has 0 aromatic heterocycles. The highest BCUT2D eigenvalue weighted by Gasteiger charge is 2.21. The molecule has 2 aromatic rings. The smallest absolute Gasteiger partial charge is 0.227 e. The van der Waals surface area contributed by atoms with E-state index in [1.807, 2.05) is 41.3 Å². The van der Waals surface area contributed by atoms with E-state index in [2.05, 4.69) is 17.0 Å². The predicted octanol–water partition coefficient (Wildman–Crippen LogP) is 3.24. The highest BCUT2D eigenvalue weighted by molar-refractivity contribution is 6.30. The van der Waals surface area contributed by atoms with Crippen molar-refractivity contribution in [2.45, 2.75) is 13.0 Å². The fraction of sp³-hybridized carbons (Fsp3) is 0.350. The van der Waals surface area contributed by atoms with Crippen LogP contribution in [0.25, 0.3) is 0 Å². The van der Waals surface area contributed by atoms with Crippen molar-refractivity contribution in [3.05, 3.63) is 64.7 Å². The third kappa shape index (κ3) is 4.97. The van der Waals surface area contributed by atoms with Crippen LogP contribution in [-0.4, -0.2) is 49.0 Å². The standard InChI is InChI=1S/C20H23ClN2O2/c1-25-19-8-4-16(5-9-19)14-20(24)23-12-10-22(11-13-23)15-17-2-6-18(21)7-3-17/h2-9H,10-15H2,1H3. The molecule has 5 heteroatoms. The Balaban J connectivity index is 1.47. The summed E-state index contributed by atoms with van der Waals surface area (Å²) in [5.74, 6) is 1.00. The van der Waals surface area contributed by atoms with Gasteiger partial charge in [0.2, 0.25) is 5.91 Å². The largest absolute Gasteiger partial charge is 0.497 e. The lowest BCUT2D eigenvalue weighted by molar-refractivity contribution is -0.132. The molecule has 0 N–H and O–H groups in total. The Kier molecular flexibility index (Phi) is 5.95. The molecule has 0 radical (unpaired) electrons. The molecule has 25 heavy (non-hydrogen) atoms. The average molecular weight is 359 g/mol. The van der Waals surface area contributed by atoms with Gasteiger partial charge < -0.3 is 9.64 Å². The summed E-state index contributed by atoms with van der Waals surface area (Å²) in [5.41, 5.74) is 2.27. The van der Waals surface area contributed by atoms with Gasteiger partial charge in [-0.2, -0.15) is 0 Å². The van der Waals surface area contributed by atoms with E-state index in [0.717, 1.165) is 49.1 Å². The number of carbonyl (C=O) groups excluding carboxylic acids is 1. The molecule has 1 aliphatic heterocycles. The lowest BCUT2D eigenvalue weighted by Crippen LogP contribution is -2.48. The van der Waals surface area contributed by atoms with Gasteiger partial charge in [0, 0.05) is 37.7 Å². The monoisotopic (exact) mass is 358 g/mol. The molecule has 1 amide bonds. The summed E-state index contributed by atoms with van der Waals surface area (Å²) in [6.45, 7) is 4.26. The van der Waals surface area contributed by atoms with Crippen molar-refractivity contribution >= 4 is 17.5 Å². The van der Waals surface area contributed by atoms with Gasteiger partial charge in [-0.1, -0.05) is 35.9 Å². The number of hydrogen-bond acceptors (Lipinski definition) is 3. The van der Waals surface area contributed by atoms with Crippen LogP contribution in [0.1, 0.15) is 11.1 Å². The number of carbonyl (C=O) groups is 1. The Bertz CT molecular complexity index is 693. The lowest BCUT2D eigenvalue weighted by atomic mass is 10.1. The van der Waals surface area contributed by atoms with Crippen LogP contribution in [0.4, 0.5) is 0 Å². The van der Waals surface area contributed by atoms with Crippen molar-refractivity contribution < 1.29 is 9.53 Å². The maximum absolute atomic E-state index is 12.5. The summed E-state index contributed by atoms with van der Waals surface area (Å²) in [4.78, 5) is 16.8. The Morgan fingerprint density at radius 3 is 2.16 bits per heavy atom. The summed E-state index contributed by atoms with van der Waals surface area (Å²) < 4.78 is 5.15. The molecule has 132 valence electrons. The van der Waals surface area contributed by atoms with E-state index in [4.69, 9.17) is 16.3 Å². The second kappa shape index (κ2) is 8.37. The molecule has 0 unspecified atom stereocenters. The van der Waals surface area contributed by atoms with E-state index in [-0.39, 0.29) is 5.91 Å². The molecule has 1 aliphatic rings. The van der Waals surface area contributed by atoms with Crippen LogP contribution in [0, 0.1) is 0 Å². The third-order valence-electron chi connectivity index (χ3n) is 4.56. The lowest BCUT2D eigenvalue weighted by Gasteiger charge is -2.34. The molecular formula is C20H23ClN2O2. The second-order valence-corrected chi connectivity index (χ2v) is 6.74. The Morgan fingerprint density at radius 1 is 0.960 bits per heavy atom. The molecule has 0 spiro atoms. The van der Waals surface area contributed by atoms with Crippen LogP contribution in [0.3, 0.4) is 0 Å². The molecule has 0 bridgehead atoms. The van der Waals surface area contributed by atoms with Gasteiger partial charge >= 0.3 is 0 Å². The summed E-state index contributed by atoms with van der Waals surface area (Å²) in [5, 5.41) is 0.762. The third-order valence-corrected chi connectivity index (χ3v) is 4.81. The number of nitrogens with zero attached hydrogens (tertiary/aromatic N) is 2. The van der Waals surface area contributed by atoms with Crippen LogP contribution >= 0.6 is 11.6 Å². The summed E-state index contributed by atoms with van der Waals surface area (Å²) in [6, 6.07) is 15.7. The normalized spacial score (nSPS) is 15.2. The zero-order chi connectivity index (χ0) is 17.6. The van der Waals surface area contributed by atoms with Crippen molar-refractivity contribution in [3.8, 4) is 5.75 Å². The number of piperazine rings is 1. The molecule has 4 nitrogen and oxygen atoms in total. The van der Waals surface area contributed by atoms with Gasteiger partial charge in [0.25, 0.3) is 0 Å². The average Bonchev–Trinajstić information content (AvgIpc) is 2.65. The maximum Gasteiger partial charge on any atom is 0.227 e. The van der Waals surface area contributed by atoms with Crippen molar-refractivity contribution in [1.29, 1.82) is 0 Å². The van der Waals surface area contributed by atoms with Crippen LogP contribution < -0.4 is 4.74 Å². The number of amides is 1. The van der Waals surface area contributed by atoms with Gasteiger partial charge in [0.1, 0.15) is 5.75 Å². The first kappa shape index (κ1) is 17.8. The Hall–Kier alpha value is -2.04. The summed E-state index contributed by atoms with van der Waals surface area (Å²) in [7, 11) is 1.64. The van der Waals surface area contributed by atoms with Crippen molar-refractivity contribution in [2.24, 2.45) is 0 Å². The first-order chi connectivity index (χ1) is 12.1. The molecule has 1 fully saturated rings. The zero-order valence-electron chi connectivity index (χ0n) is 14.5.